The number of carbonyl (C=O) groups excluding carboxylic acids is 1. The van der Waals surface area contributed by atoms with Gasteiger partial charge in [-0.3, -0.25) is 4.79 Å². The number of methoxy groups -OCH3 is 1. The SMILES string of the molecule is CCCN(Cc1c(C)nn(-c2ccccc2)c1Oc1cccc(OC)c1)C(=O)c1ccccc1. The zero-order valence-electron chi connectivity index (χ0n) is 19.8. The Balaban J connectivity index is 1.76. The van der Waals surface area contributed by atoms with Crippen molar-refractivity contribution in [1.82, 2.24) is 14.7 Å². The Morgan fingerprint density at radius 1 is 0.941 bits per heavy atom. The molecule has 4 aromatic rings. The fourth-order valence-corrected chi connectivity index (χ4v) is 3.82. The van der Waals surface area contributed by atoms with Gasteiger partial charge in [-0.1, -0.05) is 49.4 Å². The van der Waals surface area contributed by atoms with Crippen molar-refractivity contribution in [3.05, 3.63) is 102 Å². The lowest BCUT2D eigenvalue weighted by atomic mass is 10.1. The van der Waals surface area contributed by atoms with E-state index in [0.717, 1.165) is 23.4 Å². The van der Waals surface area contributed by atoms with Crippen LogP contribution in [0.2, 0.25) is 0 Å². The van der Waals surface area contributed by atoms with E-state index in [9.17, 15) is 4.79 Å². The monoisotopic (exact) mass is 455 g/mol. The Bertz CT molecular complexity index is 1240. The van der Waals surface area contributed by atoms with Crippen LogP contribution in [-0.4, -0.2) is 34.2 Å². The first kappa shape index (κ1) is 23.1. The molecule has 0 atom stereocenters. The standard InChI is InChI=1S/C28H29N3O3/c1-4-18-30(27(32)22-12-7-5-8-13-22)20-26-21(2)29-31(23-14-9-6-10-15-23)28(26)34-25-17-11-16-24(19-25)33-3/h5-17,19H,4,18,20H2,1-3H3. The topological polar surface area (TPSA) is 56.6 Å². The molecule has 1 aromatic heterocycles. The molecule has 1 amide bonds. The van der Waals surface area contributed by atoms with Crippen LogP contribution in [0.15, 0.2) is 84.9 Å². The molecule has 0 radical (unpaired) electrons. The minimum absolute atomic E-state index is 0.0124. The molecule has 0 saturated carbocycles. The quantitative estimate of drug-likeness (QED) is 0.309. The Kier molecular flexibility index (Phi) is 7.28. The maximum atomic E-state index is 13.3. The summed E-state index contributed by atoms with van der Waals surface area (Å²) in [6.45, 7) is 5.03. The van der Waals surface area contributed by atoms with E-state index in [1.807, 2.05) is 96.8 Å². The maximum Gasteiger partial charge on any atom is 0.254 e. The van der Waals surface area contributed by atoms with Gasteiger partial charge in [-0.2, -0.15) is 5.10 Å². The van der Waals surface area contributed by atoms with E-state index >= 15 is 0 Å². The van der Waals surface area contributed by atoms with Crippen molar-refractivity contribution >= 4 is 5.91 Å². The van der Waals surface area contributed by atoms with Crippen molar-refractivity contribution in [2.24, 2.45) is 0 Å². The third-order valence-electron chi connectivity index (χ3n) is 5.54. The van der Waals surface area contributed by atoms with Crippen molar-refractivity contribution < 1.29 is 14.3 Å². The van der Waals surface area contributed by atoms with Crippen LogP contribution in [0.4, 0.5) is 0 Å². The largest absolute Gasteiger partial charge is 0.497 e. The normalized spacial score (nSPS) is 10.7. The molecular formula is C28H29N3O3. The van der Waals surface area contributed by atoms with Crippen molar-refractivity contribution in [2.75, 3.05) is 13.7 Å². The molecule has 6 heteroatoms. The lowest BCUT2D eigenvalue weighted by molar-refractivity contribution is 0.0742. The number of amides is 1. The number of para-hydroxylation sites is 1. The molecule has 0 N–H and O–H groups in total. The number of hydrogen-bond acceptors (Lipinski definition) is 4. The first-order valence-corrected chi connectivity index (χ1v) is 11.4. The van der Waals surface area contributed by atoms with Gasteiger partial charge in [0.25, 0.3) is 5.91 Å². The third kappa shape index (κ3) is 5.12. The fourth-order valence-electron chi connectivity index (χ4n) is 3.82. The summed E-state index contributed by atoms with van der Waals surface area (Å²) < 4.78 is 13.6. The molecule has 0 spiro atoms. The molecule has 34 heavy (non-hydrogen) atoms. The zero-order chi connectivity index (χ0) is 23.9. The summed E-state index contributed by atoms with van der Waals surface area (Å²) in [5.41, 5.74) is 3.22. The van der Waals surface area contributed by atoms with Gasteiger partial charge in [-0.25, -0.2) is 4.68 Å². The van der Waals surface area contributed by atoms with Crippen molar-refractivity contribution in [2.45, 2.75) is 26.8 Å². The Labute approximate surface area is 200 Å². The van der Waals surface area contributed by atoms with E-state index < -0.39 is 0 Å². The van der Waals surface area contributed by atoms with Gasteiger partial charge in [0.2, 0.25) is 5.88 Å². The van der Waals surface area contributed by atoms with Crippen molar-refractivity contribution in [1.29, 1.82) is 0 Å². The van der Waals surface area contributed by atoms with Gasteiger partial charge in [0.15, 0.2) is 0 Å². The van der Waals surface area contributed by atoms with Gasteiger partial charge < -0.3 is 14.4 Å². The minimum atomic E-state index is -0.0124. The minimum Gasteiger partial charge on any atom is -0.497 e. The molecule has 0 aliphatic rings. The first-order valence-electron chi connectivity index (χ1n) is 11.4. The van der Waals surface area contributed by atoms with Crippen LogP contribution >= 0.6 is 0 Å². The highest BCUT2D eigenvalue weighted by molar-refractivity contribution is 5.94. The van der Waals surface area contributed by atoms with Gasteiger partial charge in [-0.05, 0) is 49.7 Å². The van der Waals surface area contributed by atoms with Crippen LogP contribution in [0.25, 0.3) is 5.69 Å². The summed E-state index contributed by atoms with van der Waals surface area (Å²) in [5, 5.41) is 4.79. The summed E-state index contributed by atoms with van der Waals surface area (Å²) in [6, 6.07) is 26.7. The Hall–Kier alpha value is -4.06. The molecule has 0 unspecified atom stereocenters. The summed E-state index contributed by atoms with van der Waals surface area (Å²) in [6.07, 6.45) is 0.844. The highest BCUT2D eigenvalue weighted by Gasteiger charge is 2.24. The maximum absolute atomic E-state index is 13.3. The summed E-state index contributed by atoms with van der Waals surface area (Å²) in [4.78, 5) is 15.2. The molecule has 3 aromatic carbocycles. The second-order valence-electron chi connectivity index (χ2n) is 7.99. The molecule has 1 heterocycles. The predicted molar refractivity (Wildman–Crippen MR) is 133 cm³/mol. The number of ether oxygens (including phenoxy) is 2. The third-order valence-corrected chi connectivity index (χ3v) is 5.54. The molecule has 0 saturated heterocycles. The van der Waals surface area contributed by atoms with Gasteiger partial charge in [0.05, 0.1) is 30.6 Å². The highest BCUT2D eigenvalue weighted by atomic mass is 16.5. The van der Waals surface area contributed by atoms with Gasteiger partial charge in [0, 0.05) is 18.2 Å². The Morgan fingerprint density at radius 2 is 1.62 bits per heavy atom. The second-order valence-corrected chi connectivity index (χ2v) is 7.99. The predicted octanol–water partition coefficient (Wildman–Crippen LogP) is 6.03. The van der Waals surface area contributed by atoms with E-state index in [1.165, 1.54) is 0 Å². The summed E-state index contributed by atoms with van der Waals surface area (Å²) >= 11 is 0. The first-order chi connectivity index (χ1) is 16.6. The summed E-state index contributed by atoms with van der Waals surface area (Å²) in [7, 11) is 1.63. The molecule has 6 nitrogen and oxygen atoms in total. The van der Waals surface area contributed by atoms with Crippen LogP contribution in [0, 0.1) is 6.92 Å². The number of benzene rings is 3. The van der Waals surface area contributed by atoms with Gasteiger partial charge in [-0.15, -0.1) is 0 Å². The fraction of sp³-hybridized carbons (Fsp3) is 0.214. The van der Waals surface area contributed by atoms with E-state index in [1.54, 1.807) is 11.8 Å². The Morgan fingerprint density at radius 3 is 2.29 bits per heavy atom. The van der Waals surface area contributed by atoms with Gasteiger partial charge >= 0.3 is 0 Å². The van der Waals surface area contributed by atoms with Crippen LogP contribution in [0.5, 0.6) is 17.4 Å². The van der Waals surface area contributed by atoms with Crippen LogP contribution < -0.4 is 9.47 Å². The zero-order valence-corrected chi connectivity index (χ0v) is 19.8. The number of carbonyl (C=O) groups is 1. The molecule has 0 fully saturated rings. The number of rotatable bonds is 9. The molecular weight excluding hydrogens is 426 g/mol. The molecule has 174 valence electrons. The molecule has 4 rings (SSSR count). The number of aromatic nitrogens is 2. The summed E-state index contributed by atoms with van der Waals surface area (Å²) in [5.74, 6) is 1.91. The number of hydrogen-bond donors (Lipinski definition) is 0. The number of nitrogens with zero attached hydrogens (tertiary/aromatic N) is 3. The smallest absolute Gasteiger partial charge is 0.254 e. The van der Waals surface area contributed by atoms with E-state index in [-0.39, 0.29) is 5.91 Å². The van der Waals surface area contributed by atoms with Crippen molar-refractivity contribution in [3.8, 4) is 23.1 Å². The van der Waals surface area contributed by atoms with Crippen LogP contribution in [0.3, 0.4) is 0 Å². The lowest BCUT2D eigenvalue weighted by Crippen LogP contribution is -2.31. The second kappa shape index (κ2) is 10.7. The van der Waals surface area contributed by atoms with E-state index in [4.69, 9.17) is 14.6 Å². The average Bonchev–Trinajstić information content (AvgIpc) is 3.19. The van der Waals surface area contributed by atoms with E-state index in [2.05, 4.69) is 6.92 Å². The van der Waals surface area contributed by atoms with Crippen LogP contribution in [0.1, 0.15) is 35.0 Å². The molecule has 0 aliphatic heterocycles. The van der Waals surface area contributed by atoms with Crippen LogP contribution in [-0.2, 0) is 6.54 Å². The van der Waals surface area contributed by atoms with Crippen molar-refractivity contribution in [3.63, 3.8) is 0 Å². The lowest BCUT2D eigenvalue weighted by Gasteiger charge is -2.23. The number of aryl methyl sites for hydroxylation is 1. The van der Waals surface area contributed by atoms with E-state index in [0.29, 0.717) is 36.0 Å². The van der Waals surface area contributed by atoms with Gasteiger partial charge in [0.1, 0.15) is 11.5 Å². The highest BCUT2D eigenvalue weighted by Crippen LogP contribution is 2.33. The average molecular weight is 456 g/mol. The molecule has 0 bridgehead atoms. The molecule has 0 aliphatic carbocycles.